The second-order valence-corrected chi connectivity index (χ2v) is 6.51. The molecular weight excluding hydrogens is 300 g/mol. The van der Waals surface area contributed by atoms with Crippen molar-refractivity contribution in [3.8, 4) is 0 Å². The SMILES string of the molecule is CC1CNC(C)(C)CN1c1cccc(Cl)c1Br. The van der Waals surface area contributed by atoms with Crippen LogP contribution in [0.15, 0.2) is 22.7 Å². The van der Waals surface area contributed by atoms with Crippen LogP contribution < -0.4 is 10.2 Å². The largest absolute Gasteiger partial charge is 0.365 e. The third kappa shape index (κ3) is 2.78. The van der Waals surface area contributed by atoms with Gasteiger partial charge in [-0.05, 0) is 48.8 Å². The van der Waals surface area contributed by atoms with E-state index in [1.807, 2.05) is 12.1 Å². The van der Waals surface area contributed by atoms with Gasteiger partial charge in [-0.3, -0.25) is 0 Å². The lowest BCUT2D eigenvalue weighted by atomic mass is 9.98. The Morgan fingerprint density at radius 2 is 2.18 bits per heavy atom. The molecule has 1 fully saturated rings. The van der Waals surface area contributed by atoms with Gasteiger partial charge in [-0.1, -0.05) is 17.7 Å². The first-order valence-electron chi connectivity index (χ1n) is 5.86. The molecule has 1 unspecified atom stereocenters. The highest BCUT2D eigenvalue weighted by Crippen LogP contribution is 2.35. The van der Waals surface area contributed by atoms with Crippen molar-refractivity contribution < 1.29 is 0 Å². The molecule has 0 spiro atoms. The summed E-state index contributed by atoms with van der Waals surface area (Å²) >= 11 is 9.75. The summed E-state index contributed by atoms with van der Waals surface area (Å²) in [6.07, 6.45) is 0. The minimum Gasteiger partial charge on any atom is -0.365 e. The summed E-state index contributed by atoms with van der Waals surface area (Å²) in [4.78, 5) is 2.41. The Bertz CT molecular complexity index is 420. The van der Waals surface area contributed by atoms with Gasteiger partial charge in [0.25, 0.3) is 0 Å². The average Bonchev–Trinajstić information content (AvgIpc) is 2.26. The molecule has 0 aliphatic carbocycles. The maximum Gasteiger partial charge on any atom is 0.0595 e. The van der Waals surface area contributed by atoms with E-state index in [0.29, 0.717) is 6.04 Å². The summed E-state index contributed by atoms with van der Waals surface area (Å²) in [7, 11) is 0. The number of piperazine rings is 1. The van der Waals surface area contributed by atoms with Crippen LogP contribution in [0.25, 0.3) is 0 Å². The van der Waals surface area contributed by atoms with Crippen LogP contribution in [0.1, 0.15) is 20.8 Å². The average molecular weight is 318 g/mol. The van der Waals surface area contributed by atoms with Crippen LogP contribution in [0.5, 0.6) is 0 Å². The van der Waals surface area contributed by atoms with Gasteiger partial charge in [-0.2, -0.15) is 0 Å². The predicted molar refractivity (Wildman–Crippen MR) is 78.0 cm³/mol. The number of halogens is 2. The second kappa shape index (κ2) is 4.79. The van der Waals surface area contributed by atoms with E-state index in [2.05, 4.69) is 53.0 Å². The molecule has 94 valence electrons. The van der Waals surface area contributed by atoms with Gasteiger partial charge in [0.05, 0.1) is 15.2 Å². The summed E-state index contributed by atoms with van der Waals surface area (Å²) in [5.41, 5.74) is 1.31. The van der Waals surface area contributed by atoms with Crippen LogP contribution in [0, 0.1) is 0 Å². The van der Waals surface area contributed by atoms with Gasteiger partial charge in [0.2, 0.25) is 0 Å². The lowest BCUT2D eigenvalue weighted by molar-refractivity contribution is 0.318. The van der Waals surface area contributed by atoms with E-state index in [9.17, 15) is 0 Å². The molecule has 1 saturated heterocycles. The van der Waals surface area contributed by atoms with Gasteiger partial charge in [0, 0.05) is 24.7 Å². The Balaban J connectivity index is 2.34. The van der Waals surface area contributed by atoms with E-state index >= 15 is 0 Å². The van der Waals surface area contributed by atoms with Crippen molar-refractivity contribution in [2.45, 2.75) is 32.4 Å². The molecule has 0 aromatic heterocycles. The number of nitrogens with zero attached hydrogens (tertiary/aromatic N) is 1. The molecule has 1 N–H and O–H groups in total. The van der Waals surface area contributed by atoms with Gasteiger partial charge in [0.15, 0.2) is 0 Å². The Morgan fingerprint density at radius 3 is 2.88 bits per heavy atom. The van der Waals surface area contributed by atoms with Crippen molar-refractivity contribution >= 4 is 33.2 Å². The lowest BCUT2D eigenvalue weighted by Gasteiger charge is -2.45. The molecular formula is C13H18BrClN2. The standard InChI is InChI=1S/C13H18BrClN2/c1-9-7-16-13(2,3)8-17(9)11-6-4-5-10(15)12(11)14/h4-6,9,16H,7-8H2,1-3H3. The van der Waals surface area contributed by atoms with E-state index in [4.69, 9.17) is 11.6 Å². The molecule has 1 aromatic carbocycles. The Morgan fingerprint density at radius 1 is 1.47 bits per heavy atom. The van der Waals surface area contributed by atoms with Crippen molar-refractivity contribution in [3.05, 3.63) is 27.7 Å². The molecule has 2 nitrogen and oxygen atoms in total. The van der Waals surface area contributed by atoms with Gasteiger partial charge >= 0.3 is 0 Å². The van der Waals surface area contributed by atoms with E-state index in [0.717, 1.165) is 22.6 Å². The van der Waals surface area contributed by atoms with Gasteiger partial charge in [-0.15, -0.1) is 0 Å². The van der Waals surface area contributed by atoms with E-state index in [-0.39, 0.29) is 5.54 Å². The number of hydrogen-bond acceptors (Lipinski definition) is 2. The zero-order valence-corrected chi connectivity index (χ0v) is 12.8. The molecule has 1 aromatic rings. The number of hydrogen-bond donors (Lipinski definition) is 1. The summed E-state index contributed by atoms with van der Waals surface area (Å²) in [6.45, 7) is 8.66. The molecule has 0 bridgehead atoms. The van der Waals surface area contributed by atoms with Crippen LogP contribution >= 0.6 is 27.5 Å². The van der Waals surface area contributed by atoms with Crippen molar-refractivity contribution in [2.75, 3.05) is 18.0 Å². The fourth-order valence-electron chi connectivity index (χ4n) is 2.21. The van der Waals surface area contributed by atoms with Gasteiger partial charge in [0.1, 0.15) is 0 Å². The summed E-state index contributed by atoms with van der Waals surface area (Å²) in [5, 5.41) is 4.32. The molecule has 0 radical (unpaired) electrons. The molecule has 1 heterocycles. The molecule has 1 atom stereocenters. The topological polar surface area (TPSA) is 15.3 Å². The summed E-state index contributed by atoms with van der Waals surface area (Å²) < 4.78 is 0.992. The maximum atomic E-state index is 6.16. The third-order valence-corrected chi connectivity index (χ3v) is 4.59. The van der Waals surface area contributed by atoms with Crippen molar-refractivity contribution in [1.82, 2.24) is 5.32 Å². The summed E-state index contributed by atoms with van der Waals surface area (Å²) in [5.74, 6) is 0. The number of nitrogens with one attached hydrogen (secondary N) is 1. The highest BCUT2D eigenvalue weighted by atomic mass is 79.9. The van der Waals surface area contributed by atoms with Crippen LogP contribution in [-0.2, 0) is 0 Å². The minimum atomic E-state index is 0.133. The molecule has 4 heteroatoms. The number of rotatable bonds is 1. The Labute approximate surface area is 116 Å². The smallest absolute Gasteiger partial charge is 0.0595 e. The van der Waals surface area contributed by atoms with E-state index < -0.39 is 0 Å². The monoisotopic (exact) mass is 316 g/mol. The van der Waals surface area contributed by atoms with Crippen molar-refractivity contribution in [3.63, 3.8) is 0 Å². The van der Waals surface area contributed by atoms with E-state index in [1.54, 1.807) is 0 Å². The predicted octanol–water partition coefficient (Wildman–Crippen LogP) is 3.68. The first kappa shape index (κ1) is 13.2. The van der Waals surface area contributed by atoms with Crippen LogP contribution in [-0.4, -0.2) is 24.7 Å². The Hall–Kier alpha value is -0.250. The molecule has 1 aliphatic heterocycles. The molecule has 0 saturated carbocycles. The Kier molecular flexibility index (Phi) is 3.71. The number of anilines is 1. The van der Waals surface area contributed by atoms with Crippen molar-refractivity contribution in [1.29, 1.82) is 0 Å². The third-order valence-electron chi connectivity index (χ3n) is 3.21. The summed E-state index contributed by atoms with van der Waals surface area (Å²) in [6, 6.07) is 6.50. The number of benzene rings is 1. The second-order valence-electron chi connectivity index (χ2n) is 5.31. The van der Waals surface area contributed by atoms with Crippen LogP contribution in [0.3, 0.4) is 0 Å². The fraction of sp³-hybridized carbons (Fsp3) is 0.538. The van der Waals surface area contributed by atoms with Crippen molar-refractivity contribution in [2.24, 2.45) is 0 Å². The first-order chi connectivity index (χ1) is 7.91. The molecule has 0 amide bonds. The van der Waals surface area contributed by atoms with Crippen LogP contribution in [0.4, 0.5) is 5.69 Å². The lowest BCUT2D eigenvalue weighted by Crippen LogP contribution is -2.61. The highest BCUT2D eigenvalue weighted by molar-refractivity contribution is 9.10. The first-order valence-corrected chi connectivity index (χ1v) is 7.03. The highest BCUT2D eigenvalue weighted by Gasteiger charge is 2.31. The quantitative estimate of drug-likeness (QED) is 0.850. The van der Waals surface area contributed by atoms with Crippen LogP contribution in [0.2, 0.25) is 5.02 Å². The zero-order chi connectivity index (χ0) is 12.6. The van der Waals surface area contributed by atoms with Gasteiger partial charge in [-0.25, -0.2) is 0 Å². The zero-order valence-electron chi connectivity index (χ0n) is 10.4. The maximum absolute atomic E-state index is 6.16. The molecule has 2 rings (SSSR count). The molecule has 17 heavy (non-hydrogen) atoms. The van der Waals surface area contributed by atoms with Gasteiger partial charge < -0.3 is 10.2 Å². The van der Waals surface area contributed by atoms with E-state index in [1.165, 1.54) is 5.69 Å². The minimum absolute atomic E-state index is 0.133. The molecule has 1 aliphatic rings. The fourth-order valence-corrected chi connectivity index (χ4v) is 2.87. The normalized spacial score (nSPS) is 23.8.